The van der Waals surface area contributed by atoms with E-state index in [4.69, 9.17) is 4.74 Å². The number of aromatic nitrogens is 2. The van der Waals surface area contributed by atoms with Crippen molar-refractivity contribution in [3.63, 3.8) is 0 Å². The molecule has 0 aliphatic carbocycles. The fraction of sp³-hybridized carbons (Fsp3) is 0.500. The van der Waals surface area contributed by atoms with Crippen molar-refractivity contribution < 1.29 is 4.74 Å². The Kier molecular flexibility index (Phi) is 3.38. The summed E-state index contributed by atoms with van der Waals surface area (Å²) in [5, 5.41) is 0. The van der Waals surface area contributed by atoms with E-state index >= 15 is 0 Å². The summed E-state index contributed by atoms with van der Waals surface area (Å²) in [6.45, 7) is 2.81. The Hall–Kier alpha value is -1.12. The van der Waals surface area contributed by atoms with Crippen molar-refractivity contribution in [2.75, 3.05) is 6.61 Å². The summed E-state index contributed by atoms with van der Waals surface area (Å²) >= 11 is 0. The Morgan fingerprint density at radius 1 is 1.55 bits per heavy atom. The highest BCUT2D eigenvalue weighted by Crippen LogP contribution is 2.00. The van der Waals surface area contributed by atoms with Gasteiger partial charge in [-0.25, -0.2) is 9.97 Å². The molecule has 0 spiro atoms. The van der Waals surface area contributed by atoms with Crippen molar-refractivity contribution in [3.8, 4) is 5.88 Å². The molecule has 1 aromatic heterocycles. The molecule has 0 atom stereocenters. The molecule has 59 valence electrons. The number of ether oxygens (including phenoxy) is 1. The van der Waals surface area contributed by atoms with E-state index < -0.39 is 0 Å². The van der Waals surface area contributed by atoms with E-state index in [1.165, 1.54) is 0 Å². The van der Waals surface area contributed by atoms with E-state index in [0.29, 0.717) is 12.5 Å². The molecular formula is C8H11N2O. The quantitative estimate of drug-likeness (QED) is 0.611. The third kappa shape index (κ3) is 2.98. The number of hydrogen-bond donors (Lipinski definition) is 0. The number of hydrogen-bond acceptors (Lipinski definition) is 3. The van der Waals surface area contributed by atoms with Crippen molar-refractivity contribution >= 4 is 0 Å². The molecule has 1 heterocycles. The fourth-order valence-electron chi connectivity index (χ4n) is 0.638. The Morgan fingerprint density at radius 3 is 3.09 bits per heavy atom. The average Bonchev–Trinajstić information content (AvgIpc) is 2.07. The number of nitrogens with zero attached hydrogens (tertiary/aromatic N) is 2. The molecule has 3 heteroatoms. The predicted octanol–water partition coefficient (Wildman–Crippen LogP) is 1.46. The maximum absolute atomic E-state index is 5.22. The van der Waals surface area contributed by atoms with Crippen LogP contribution in [0.5, 0.6) is 5.88 Å². The maximum Gasteiger partial charge on any atom is 0.242 e. The van der Waals surface area contributed by atoms with Gasteiger partial charge in [0.15, 0.2) is 6.20 Å². The molecule has 3 nitrogen and oxygen atoms in total. The zero-order chi connectivity index (χ0) is 7.94. The number of unbranched alkanes of at least 4 members (excludes halogenated alkanes) is 1. The monoisotopic (exact) mass is 151 g/mol. The topological polar surface area (TPSA) is 35.0 Å². The first-order chi connectivity index (χ1) is 5.43. The molecule has 0 saturated heterocycles. The molecule has 1 rings (SSSR count). The van der Waals surface area contributed by atoms with Crippen LogP contribution in [-0.2, 0) is 0 Å². The van der Waals surface area contributed by atoms with Crippen LogP contribution in [0.2, 0.25) is 0 Å². The van der Waals surface area contributed by atoms with Gasteiger partial charge in [-0.1, -0.05) is 13.3 Å². The van der Waals surface area contributed by atoms with E-state index in [9.17, 15) is 0 Å². The van der Waals surface area contributed by atoms with Gasteiger partial charge in [0.05, 0.1) is 6.61 Å². The van der Waals surface area contributed by atoms with Crippen LogP contribution >= 0.6 is 0 Å². The van der Waals surface area contributed by atoms with Gasteiger partial charge in [-0.15, -0.1) is 0 Å². The van der Waals surface area contributed by atoms with Gasteiger partial charge in [-0.05, 0) is 6.42 Å². The van der Waals surface area contributed by atoms with Gasteiger partial charge in [-0.3, -0.25) is 0 Å². The summed E-state index contributed by atoms with van der Waals surface area (Å²) in [6, 6.07) is 0. The van der Waals surface area contributed by atoms with Crippen LogP contribution in [0.3, 0.4) is 0 Å². The first-order valence-electron chi connectivity index (χ1n) is 3.75. The van der Waals surface area contributed by atoms with E-state index in [2.05, 4.69) is 23.1 Å². The lowest BCUT2D eigenvalue weighted by Gasteiger charge is -2.00. The van der Waals surface area contributed by atoms with Gasteiger partial charge in [0.25, 0.3) is 0 Å². The molecule has 11 heavy (non-hydrogen) atoms. The molecule has 0 saturated carbocycles. The molecule has 0 unspecified atom stereocenters. The summed E-state index contributed by atoms with van der Waals surface area (Å²) in [4.78, 5) is 7.66. The van der Waals surface area contributed by atoms with E-state index in [1.54, 1.807) is 12.4 Å². The normalized spacial score (nSPS) is 9.55. The Labute approximate surface area is 66.4 Å². The minimum absolute atomic E-state index is 0.487. The summed E-state index contributed by atoms with van der Waals surface area (Å²) in [7, 11) is 0. The summed E-state index contributed by atoms with van der Waals surface area (Å²) in [5.74, 6) is 0.487. The predicted molar refractivity (Wildman–Crippen MR) is 41.3 cm³/mol. The molecule has 0 N–H and O–H groups in total. The minimum Gasteiger partial charge on any atom is -0.476 e. The van der Waals surface area contributed by atoms with E-state index in [1.807, 2.05) is 0 Å². The fourth-order valence-corrected chi connectivity index (χ4v) is 0.638. The van der Waals surface area contributed by atoms with Crippen LogP contribution in [0, 0.1) is 6.20 Å². The largest absolute Gasteiger partial charge is 0.476 e. The van der Waals surface area contributed by atoms with Crippen molar-refractivity contribution in [2.45, 2.75) is 19.8 Å². The van der Waals surface area contributed by atoms with Crippen molar-refractivity contribution in [3.05, 3.63) is 18.6 Å². The van der Waals surface area contributed by atoms with Gasteiger partial charge in [0.2, 0.25) is 5.88 Å². The molecule has 0 aliphatic rings. The molecule has 1 radical (unpaired) electrons. The summed E-state index contributed by atoms with van der Waals surface area (Å²) < 4.78 is 5.22. The second kappa shape index (κ2) is 4.66. The molecule has 0 aliphatic heterocycles. The smallest absolute Gasteiger partial charge is 0.242 e. The lowest BCUT2D eigenvalue weighted by molar-refractivity contribution is 0.295. The highest BCUT2D eigenvalue weighted by atomic mass is 16.5. The van der Waals surface area contributed by atoms with Crippen LogP contribution in [-0.4, -0.2) is 16.6 Å². The molecular weight excluding hydrogens is 140 g/mol. The number of rotatable bonds is 4. The second-order valence-electron chi connectivity index (χ2n) is 2.18. The Bertz CT molecular complexity index is 189. The van der Waals surface area contributed by atoms with Gasteiger partial charge in [0.1, 0.15) is 0 Å². The van der Waals surface area contributed by atoms with Gasteiger partial charge in [0, 0.05) is 12.4 Å². The van der Waals surface area contributed by atoms with E-state index in [-0.39, 0.29) is 0 Å². The van der Waals surface area contributed by atoms with Crippen molar-refractivity contribution in [1.29, 1.82) is 0 Å². The molecule has 0 fully saturated rings. The molecule has 0 bridgehead atoms. The third-order valence-electron chi connectivity index (χ3n) is 1.23. The van der Waals surface area contributed by atoms with Crippen LogP contribution in [0.4, 0.5) is 0 Å². The van der Waals surface area contributed by atoms with Crippen molar-refractivity contribution in [1.82, 2.24) is 9.97 Å². The molecule has 0 aromatic carbocycles. The Balaban J connectivity index is 2.28. The third-order valence-corrected chi connectivity index (χ3v) is 1.23. The lowest BCUT2D eigenvalue weighted by Crippen LogP contribution is -1.98. The van der Waals surface area contributed by atoms with Crippen LogP contribution in [0.15, 0.2) is 12.4 Å². The van der Waals surface area contributed by atoms with Crippen LogP contribution in [0.25, 0.3) is 0 Å². The van der Waals surface area contributed by atoms with Gasteiger partial charge < -0.3 is 4.74 Å². The minimum atomic E-state index is 0.487. The molecule has 1 aromatic rings. The van der Waals surface area contributed by atoms with Crippen LogP contribution < -0.4 is 4.74 Å². The van der Waals surface area contributed by atoms with Crippen LogP contribution in [0.1, 0.15) is 19.8 Å². The lowest BCUT2D eigenvalue weighted by atomic mass is 10.4. The first-order valence-corrected chi connectivity index (χ1v) is 3.75. The standard InChI is InChI=1S/C8H11N2O/c1-2-3-6-11-8-7-9-4-5-10-8/h4-5H,2-3,6H2,1H3. The second-order valence-corrected chi connectivity index (χ2v) is 2.18. The summed E-state index contributed by atoms with van der Waals surface area (Å²) in [6.07, 6.45) is 7.99. The highest BCUT2D eigenvalue weighted by Gasteiger charge is 1.91. The van der Waals surface area contributed by atoms with Gasteiger partial charge >= 0.3 is 0 Å². The zero-order valence-electron chi connectivity index (χ0n) is 6.58. The van der Waals surface area contributed by atoms with Gasteiger partial charge in [-0.2, -0.15) is 0 Å². The highest BCUT2D eigenvalue weighted by molar-refractivity contribution is 4.98. The Morgan fingerprint density at radius 2 is 2.45 bits per heavy atom. The maximum atomic E-state index is 5.22. The van der Waals surface area contributed by atoms with E-state index in [0.717, 1.165) is 12.8 Å². The first kappa shape index (κ1) is 7.98. The molecule has 0 amide bonds. The average molecular weight is 151 g/mol. The SMILES string of the molecule is CCCCOc1[c]nccn1. The van der Waals surface area contributed by atoms with Crippen molar-refractivity contribution in [2.24, 2.45) is 0 Å². The zero-order valence-corrected chi connectivity index (χ0v) is 6.58. The summed E-state index contributed by atoms with van der Waals surface area (Å²) in [5.41, 5.74) is 0.